The summed E-state index contributed by atoms with van der Waals surface area (Å²) in [6.45, 7) is 5.85. The van der Waals surface area contributed by atoms with Gasteiger partial charge in [-0.3, -0.25) is 4.90 Å². The van der Waals surface area contributed by atoms with Crippen molar-refractivity contribution in [1.82, 2.24) is 29.8 Å². The molecule has 2 aliphatic heterocycles. The summed E-state index contributed by atoms with van der Waals surface area (Å²) in [5, 5.41) is 6.29. The lowest BCUT2D eigenvalue weighted by molar-refractivity contribution is 0.159. The summed E-state index contributed by atoms with van der Waals surface area (Å²) in [5.41, 5.74) is 2.16. The van der Waals surface area contributed by atoms with Crippen LogP contribution in [0.15, 0.2) is 107 Å². The standard InChI is InChI=1S/C35H38N10O3S/c1-48-31-24-27(43-18-14-26(15-19-43)44-20-22-45(23-21-44)35-36-16-7-17-37-35)12-13-29(31)40-33-38-25-39-34(42-33)41-30-10-5-6-11-32(30)49(46,47)28-8-3-2-4-9-28/h2-13,16-17,24-26H,14-15,18-23H2,1H3,(H2,38,39,40,41,42). The van der Waals surface area contributed by atoms with Crippen LogP contribution in [0, 0.1) is 0 Å². The highest BCUT2D eigenvalue weighted by molar-refractivity contribution is 7.91. The Hall–Kier alpha value is -5.34. The van der Waals surface area contributed by atoms with Crippen LogP contribution in [0.3, 0.4) is 0 Å². The second-order valence-electron chi connectivity index (χ2n) is 11.9. The molecule has 0 spiro atoms. The SMILES string of the molecule is COc1cc(N2CCC(N3CCN(c4ncccn4)CC3)CC2)ccc1Nc1ncnc(Nc2ccccc2S(=O)(=O)c2ccccc2)n1. The van der Waals surface area contributed by atoms with E-state index in [0.29, 0.717) is 23.2 Å². The number of hydrogen-bond donors (Lipinski definition) is 2. The highest BCUT2D eigenvalue weighted by atomic mass is 32.2. The molecule has 0 saturated carbocycles. The zero-order valence-corrected chi connectivity index (χ0v) is 28.0. The summed E-state index contributed by atoms with van der Waals surface area (Å²) in [5.74, 6) is 1.95. The fourth-order valence-electron chi connectivity index (χ4n) is 6.40. The van der Waals surface area contributed by atoms with E-state index in [1.165, 1.54) is 6.33 Å². The predicted octanol–water partition coefficient (Wildman–Crippen LogP) is 4.78. The normalized spacial score (nSPS) is 15.9. The van der Waals surface area contributed by atoms with Crippen molar-refractivity contribution >= 4 is 44.7 Å². The van der Waals surface area contributed by atoms with Gasteiger partial charge in [0.15, 0.2) is 0 Å². The largest absolute Gasteiger partial charge is 0.494 e. The maximum Gasteiger partial charge on any atom is 0.232 e. The van der Waals surface area contributed by atoms with Crippen molar-refractivity contribution < 1.29 is 13.2 Å². The molecule has 252 valence electrons. The lowest BCUT2D eigenvalue weighted by atomic mass is 10.0. The van der Waals surface area contributed by atoms with E-state index in [-0.39, 0.29) is 21.7 Å². The maximum atomic E-state index is 13.4. The molecule has 0 unspecified atom stereocenters. The molecular formula is C35H38N10O3S. The summed E-state index contributed by atoms with van der Waals surface area (Å²) in [6.07, 6.45) is 7.16. The van der Waals surface area contributed by atoms with E-state index in [1.54, 1.807) is 74.1 Å². The van der Waals surface area contributed by atoms with Crippen molar-refractivity contribution in [3.05, 3.63) is 97.6 Å². The van der Waals surface area contributed by atoms with Gasteiger partial charge < -0.3 is 25.2 Å². The first-order valence-electron chi connectivity index (χ1n) is 16.3. The van der Waals surface area contributed by atoms with Crippen molar-refractivity contribution in [1.29, 1.82) is 0 Å². The Kier molecular flexibility index (Phi) is 9.48. The lowest BCUT2D eigenvalue weighted by Crippen LogP contribution is -2.53. The molecule has 2 saturated heterocycles. The first-order chi connectivity index (χ1) is 24.0. The predicted molar refractivity (Wildman–Crippen MR) is 189 cm³/mol. The van der Waals surface area contributed by atoms with E-state index in [9.17, 15) is 8.42 Å². The van der Waals surface area contributed by atoms with Gasteiger partial charge in [0, 0.05) is 69.5 Å². The fraction of sp³-hybridized carbons (Fsp3) is 0.286. The minimum atomic E-state index is -3.77. The van der Waals surface area contributed by atoms with Crippen LogP contribution < -0.4 is 25.2 Å². The van der Waals surface area contributed by atoms with Gasteiger partial charge in [-0.2, -0.15) is 4.98 Å². The number of aromatic nitrogens is 5. The van der Waals surface area contributed by atoms with E-state index >= 15 is 0 Å². The van der Waals surface area contributed by atoms with Gasteiger partial charge in [-0.05, 0) is 55.3 Å². The Morgan fingerprint density at radius 3 is 2.10 bits per heavy atom. The Bertz CT molecular complexity index is 1970. The number of hydrogen-bond acceptors (Lipinski definition) is 13. The molecule has 0 bridgehead atoms. The zero-order valence-electron chi connectivity index (χ0n) is 27.2. The molecule has 2 fully saturated rings. The van der Waals surface area contributed by atoms with Crippen molar-refractivity contribution in [3.63, 3.8) is 0 Å². The number of para-hydroxylation sites is 1. The topological polar surface area (TPSA) is 142 Å². The summed E-state index contributed by atoms with van der Waals surface area (Å²) >= 11 is 0. The van der Waals surface area contributed by atoms with Crippen molar-refractivity contribution in [2.45, 2.75) is 28.7 Å². The molecule has 5 aromatic rings. The van der Waals surface area contributed by atoms with E-state index in [1.807, 2.05) is 18.2 Å². The first kappa shape index (κ1) is 32.2. The van der Waals surface area contributed by atoms with E-state index in [2.05, 4.69) is 56.3 Å². The molecule has 3 aromatic carbocycles. The zero-order chi connectivity index (χ0) is 33.6. The highest BCUT2D eigenvalue weighted by Crippen LogP contribution is 2.34. The number of rotatable bonds is 10. The molecular weight excluding hydrogens is 641 g/mol. The van der Waals surface area contributed by atoms with Crippen LogP contribution in [0.2, 0.25) is 0 Å². The van der Waals surface area contributed by atoms with Crippen LogP contribution in [0.4, 0.5) is 34.9 Å². The maximum absolute atomic E-state index is 13.4. The Labute approximate surface area is 286 Å². The van der Waals surface area contributed by atoms with Crippen molar-refractivity contribution in [3.8, 4) is 5.75 Å². The van der Waals surface area contributed by atoms with Crippen LogP contribution in [0.1, 0.15) is 12.8 Å². The number of anilines is 6. The molecule has 2 N–H and O–H groups in total. The van der Waals surface area contributed by atoms with Gasteiger partial charge in [0.25, 0.3) is 0 Å². The molecule has 14 heteroatoms. The number of piperidine rings is 1. The molecule has 0 amide bonds. The van der Waals surface area contributed by atoms with Gasteiger partial charge in [-0.1, -0.05) is 30.3 Å². The Morgan fingerprint density at radius 2 is 1.39 bits per heavy atom. The summed E-state index contributed by atoms with van der Waals surface area (Å²) in [4.78, 5) is 29.4. The second kappa shape index (κ2) is 14.4. The third-order valence-electron chi connectivity index (χ3n) is 8.98. The fourth-order valence-corrected chi connectivity index (χ4v) is 7.83. The molecule has 13 nitrogen and oxygen atoms in total. The van der Waals surface area contributed by atoms with Crippen LogP contribution in [0.25, 0.3) is 0 Å². The minimum absolute atomic E-state index is 0.123. The summed E-state index contributed by atoms with van der Waals surface area (Å²) < 4.78 is 32.5. The highest BCUT2D eigenvalue weighted by Gasteiger charge is 2.28. The molecule has 4 heterocycles. The monoisotopic (exact) mass is 678 g/mol. The molecule has 0 radical (unpaired) electrons. The minimum Gasteiger partial charge on any atom is -0.494 e. The summed E-state index contributed by atoms with van der Waals surface area (Å²) in [6, 6.07) is 23.5. The third-order valence-corrected chi connectivity index (χ3v) is 10.8. The molecule has 2 aromatic heterocycles. The van der Waals surface area contributed by atoms with Crippen LogP contribution >= 0.6 is 0 Å². The van der Waals surface area contributed by atoms with E-state index in [0.717, 1.165) is 63.7 Å². The number of nitrogens with zero attached hydrogens (tertiary/aromatic N) is 8. The van der Waals surface area contributed by atoms with Crippen LogP contribution in [-0.4, -0.2) is 90.7 Å². The van der Waals surface area contributed by atoms with Crippen LogP contribution in [-0.2, 0) is 9.84 Å². The van der Waals surface area contributed by atoms with E-state index in [4.69, 9.17) is 4.74 Å². The molecule has 2 aliphatic rings. The molecule has 49 heavy (non-hydrogen) atoms. The average Bonchev–Trinajstić information content (AvgIpc) is 3.16. The summed E-state index contributed by atoms with van der Waals surface area (Å²) in [7, 11) is -2.13. The van der Waals surface area contributed by atoms with Gasteiger partial charge in [-0.25, -0.2) is 28.4 Å². The number of benzene rings is 3. The Balaban J connectivity index is 0.981. The molecule has 0 atom stereocenters. The van der Waals surface area contributed by atoms with Gasteiger partial charge in [0.1, 0.15) is 12.1 Å². The number of ether oxygens (including phenoxy) is 1. The third kappa shape index (κ3) is 7.25. The lowest BCUT2D eigenvalue weighted by Gasteiger charge is -2.43. The smallest absolute Gasteiger partial charge is 0.232 e. The van der Waals surface area contributed by atoms with Gasteiger partial charge >= 0.3 is 0 Å². The Morgan fingerprint density at radius 1 is 0.714 bits per heavy atom. The van der Waals surface area contributed by atoms with Crippen molar-refractivity contribution in [2.75, 3.05) is 66.8 Å². The molecule has 0 aliphatic carbocycles. The number of methoxy groups -OCH3 is 1. The van der Waals surface area contributed by atoms with Gasteiger partial charge in [-0.15, -0.1) is 0 Å². The first-order valence-corrected chi connectivity index (χ1v) is 17.8. The quantitative estimate of drug-likeness (QED) is 0.210. The van der Waals surface area contributed by atoms with Crippen molar-refractivity contribution in [2.24, 2.45) is 0 Å². The number of sulfone groups is 1. The van der Waals surface area contributed by atoms with E-state index < -0.39 is 9.84 Å². The van der Waals surface area contributed by atoms with Gasteiger partial charge in [0.05, 0.1) is 28.3 Å². The van der Waals surface area contributed by atoms with Gasteiger partial charge in [0.2, 0.25) is 27.7 Å². The van der Waals surface area contributed by atoms with Crippen LogP contribution in [0.5, 0.6) is 5.75 Å². The average molecular weight is 679 g/mol. The molecule has 7 rings (SSSR count). The number of nitrogens with one attached hydrogen (secondary N) is 2. The second-order valence-corrected chi connectivity index (χ2v) is 13.8. The number of piperazine rings is 1.